The molecular formula is C28H36Cl2SiTi-4. The van der Waals surface area contributed by atoms with Gasteiger partial charge < -0.3 is 14.9 Å². The van der Waals surface area contributed by atoms with Crippen LogP contribution in [-0.4, -0.2) is 7.63 Å². The van der Waals surface area contributed by atoms with Crippen LogP contribution in [0, 0.1) is 27.0 Å². The van der Waals surface area contributed by atoms with Crippen LogP contribution in [0.1, 0.15) is 50.7 Å². The van der Waals surface area contributed by atoms with Crippen molar-refractivity contribution in [1.82, 2.24) is 0 Å². The average Bonchev–Trinajstić information content (AvgIpc) is 3.47. The summed E-state index contributed by atoms with van der Waals surface area (Å²) in [5.41, 5.74) is 8.06. The Kier molecular flexibility index (Phi) is 22.8. The zero-order valence-electron chi connectivity index (χ0n) is 19.8. The van der Waals surface area contributed by atoms with E-state index in [9.17, 15) is 0 Å². The van der Waals surface area contributed by atoms with E-state index in [-0.39, 0.29) is 39.7 Å². The Morgan fingerprint density at radius 1 is 0.656 bits per heavy atom. The van der Waals surface area contributed by atoms with Gasteiger partial charge in [-0.1, -0.05) is 63.1 Å². The molecule has 4 heteroatoms. The van der Waals surface area contributed by atoms with Crippen LogP contribution >= 0.6 is 24.8 Å². The first-order valence-corrected chi connectivity index (χ1v) is 13.9. The van der Waals surface area contributed by atoms with Crippen LogP contribution in [0.4, 0.5) is 0 Å². The molecule has 0 N–H and O–H groups in total. The molecule has 0 amide bonds. The maximum atomic E-state index is 3.40. The van der Waals surface area contributed by atoms with Gasteiger partial charge in [0.15, 0.2) is 0 Å². The summed E-state index contributed by atoms with van der Waals surface area (Å²) in [7, 11) is 1.86. The summed E-state index contributed by atoms with van der Waals surface area (Å²) in [5.74, 6) is 0. The molecule has 0 bridgehead atoms. The van der Waals surface area contributed by atoms with Crippen LogP contribution in [0.2, 0.25) is 0 Å². The molecule has 0 aliphatic heterocycles. The minimum absolute atomic E-state index is 0. The Morgan fingerprint density at radius 3 is 1.22 bits per heavy atom. The first kappa shape index (κ1) is 35.5. The summed E-state index contributed by atoms with van der Waals surface area (Å²) in [5, 5.41) is 0. The Hall–Kier alpha value is -1.09. The van der Waals surface area contributed by atoms with Crippen LogP contribution in [0.5, 0.6) is 0 Å². The van der Waals surface area contributed by atoms with E-state index in [0.717, 1.165) is 25.7 Å². The monoisotopic (exact) mass is 518 g/mol. The summed E-state index contributed by atoms with van der Waals surface area (Å²) in [6.07, 6.45) is 15.6. The zero-order valence-corrected chi connectivity index (χ0v) is 24.4. The summed E-state index contributed by atoms with van der Waals surface area (Å²) in [6.45, 7) is 4.39. The fourth-order valence-electron chi connectivity index (χ4n) is 3.09. The summed E-state index contributed by atoms with van der Waals surface area (Å²) < 4.78 is 0. The van der Waals surface area contributed by atoms with Crippen molar-refractivity contribution in [3.8, 4) is 0 Å². The fourth-order valence-corrected chi connectivity index (χ4v) is 3.09. The Morgan fingerprint density at radius 2 is 0.969 bits per heavy atom. The molecule has 0 saturated carbocycles. The van der Waals surface area contributed by atoms with Gasteiger partial charge in [0.05, 0.1) is 0 Å². The van der Waals surface area contributed by atoms with Gasteiger partial charge in [-0.25, -0.2) is 0 Å². The third-order valence-corrected chi connectivity index (χ3v) is 4.79. The van der Waals surface area contributed by atoms with Crippen LogP contribution in [0.25, 0.3) is 11.1 Å². The van der Waals surface area contributed by atoms with Crippen molar-refractivity contribution in [2.45, 2.75) is 39.5 Å². The minimum atomic E-state index is 0. The predicted molar refractivity (Wildman–Crippen MR) is 148 cm³/mol. The van der Waals surface area contributed by atoms with Gasteiger partial charge in [0, 0.05) is 0 Å². The summed E-state index contributed by atoms with van der Waals surface area (Å²) >= 11 is 2.03. The second-order valence-electron chi connectivity index (χ2n) is 6.58. The second-order valence-corrected chi connectivity index (χ2v) is 6.58. The third kappa shape index (κ3) is 11.2. The molecule has 4 rings (SSSR count). The average molecular weight is 519 g/mol. The standard InChI is InChI=1S/2C13H13.2CH3.2ClH.H2Si.Ti/c2*1-2-11-8-9-13(10-11)12-6-4-3-5-7-12;;;;;;/h2*3-7,10H,2,8H2,1H3;2*1H3;2*1H;1H2;/q4*-1;;;;. The molecule has 0 nitrogen and oxygen atoms in total. The molecule has 0 radical (unpaired) electrons. The van der Waals surface area contributed by atoms with Crippen molar-refractivity contribution in [3.63, 3.8) is 0 Å². The molecule has 0 unspecified atom stereocenters. The molecule has 2 aliphatic rings. The molecule has 2 aromatic carbocycles. The third-order valence-electron chi connectivity index (χ3n) is 4.79. The van der Waals surface area contributed by atoms with E-state index in [1.165, 1.54) is 33.4 Å². The molecular weight excluding hydrogens is 483 g/mol. The fraction of sp³-hybridized carbons (Fsp3) is 0.214. The topological polar surface area (TPSA) is 0 Å². The van der Waals surface area contributed by atoms with Crippen molar-refractivity contribution in [2.24, 2.45) is 0 Å². The maximum absolute atomic E-state index is 3.40. The van der Waals surface area contributed by atoms with Gasteiger partial charge in [-0.2, -0.15) is 35.5 Å². The molecule has 0 fully saturated rings. The van der Waals surface area contributed by atoms with Crippen molar-refractivity contribution in [3.05, 3.63) is 122 Å². The van der Waals surface area contributed by atoms with Crippen LogP contribution in [0.3, 0.4) is 0 Å². The van der Waals surface area contributed by atoms with E-state index in [1.54, 1.807) is 0 Å². The van der Waals surface area contributed by atoms with E-state index in [2.05, 4.69) is 86.7 Å². The zero-order chi connectivity index (χ0) is 20.2. The van der Waals surface area contributed by atoms with Crippen LogP contribution in [0.15, 0.2) is 84.0 Å². The van der Waals surface area contributed by atoms with Crippen molar-refractivity contribution in [1.29, 1.82) is 0 Å². The molecule has 0 atom stereocenters. The molecule has 0 saturated heterocycles. The number of hydrogen-bond acceptors (Lipinski definition) is 0. The molecule has 0 heterocycles. The number of benzene rings is 2. The molecule has 0 spiro atoms. The number of allylic oxidation sites excluding steroid dienone is 8. The van der Waals surface area contributed by atoms with E-state index in [4.69, 9.17) is 0 Å². The second kappa shape index (κ2) is 20.5. The quantitative estimate of drug-likeness (QED) is 0.283. The van der Waals surface area contributed by atoms with Crippen molar-refractivity contribution >= 4 is 43.6 Å². The van der Waals surface area contributed by atoms with Gasteiger partial charge in [0.2, 0.25) is 0 Å². The Labute approximate surface area is 223 Å². The normalized spacial score (nSPS) is 12.7. The van der Waals surface area contributed by atoms with Crippen LogP contribution < -0.4 is 0 Å². The molecule has 174 valence electrons. The summed E-state index contributed by atoms with van der Waals surface area (Å²) in [4.78, 5) is 0. The van der Waals surface area contributed by atoms with E-state index >= 15 is 0 Å². The molecule has 2 aliphatic carbocycles. The Bertz CT molecular complexity index is 795. The number of halogens is 2. The van der Waals surface area contributed by atoms with E-state index in [0.29, 0.717) is 0 Å². The first-order chi connectivity index (χ1) is 13.8. The number of hydrogen-bond donors (Lipinski definition) is 0. The van der Waals surface area contributed by atoms with Gasteiger partial charge in [-0.3, -0.25) is 0 Å². The van der Waals surface area contributed by atoms with Gasteiger partial charge in [0.25, 0.3) is 0 Å². The van der Waals surface area contributed by atoms with E-state index < -0.39 is 0 Å². The first-order valence-electron chi connectivity index (χ1n) is 9.87. The molecule has 0 aromatic heterocycles. The molecule has 2 aromatic rings. The van der Waals surface area contributed by atoms with Crippen LogP contribution in [-0.2, 0) is 19.2 Å². The SMILES string of the molecule is CCC1=CC(c2ccccc2)=[C-]C1.CCC1=CC(c2ccccc2)=[C-]C1.Cl.Cl.[CH3-].[CH3-].[SiH2]=[Ti]. The Balaban J connectivity index is -0.000000437. The van der Waals surface area contributed by atoms with Crippen molar-refractivity contribution in [2.75, 3.05) is 0 Å². The van der Waals surface area contributed by atoms with Gasteiger partial charge in [-0.05, 0) is 12.8 Å². The number of rotatable bonds is 4. The van der Waals surface area contributed by atoms with Gasteiger partial charge in [-0.15, -0.1) is 71.4 Å². The van der Waals surface area contributed by atoms with E-state index in [1.807, 2.05) is 38.9 Å². The van der Waals surface area contributed by atoms with Gasteiger partial charge >= 0.3 is 26.8 Å². The summed E-state index contributed by atoms with van der Waals surface area (Å²) in [6, 6.07) is 20.9. The molecule has 32 heavy (non-hydrogen) atoms. The van der Waals surface area contributed by atoms with Gasteiger partial charge in [0.1, 0.15) is 0 Å². The van der Waals surface area contributed by atoms with Crippen molar-refractivity contribution < 1.29 is 19.2 Å². The predicted octanol–water partition coefficient (Wildman–Crippen LogP) is 8.05.